The summed E-state index contributed by atoms with van der Waals surface area (Å²) in [6.45, 7) is 1.60. The molecule has 1 aromatic carbocycles. The third kappa shape index (κ3) is 5.02. The van der Waals surface area contributed by atoms with Gasteiger partial charge in [-0.2, -0.15) is 0 Å². The van der Waals surface area contributed by atoms with E-state index in [0.717, 1.165) is 11.1 Å². The second-order valence-corrected chi connectivity index (χ2v) is 11.5. The summed E-state index contributed by atoms with van der Waals surface area (Å²) in [6, 6.07) is 1.86. The van der Waals surface area contributed by atoms with Gasteiger partial charge in [0.05, 0.1) is 36.9 Å². The molecule has 43 heavy (non-hydrogen) atoms. The lowest BCUT2D eigenvalue weighted by Crippen LogP contribution is -2.74. The highest BCUT2D eigenvalue weighted by Crippen LogP contribution is 2.64. The molecule has 1 aromatic rings. The smallest absolute Gasteiger partial charge is 0.326 e. The molecule has 2 heterocycles. The van der Waals surface area contributed by atoms with Crippen molar-refractivity contribution in [2.75, 3.05) is 13.6 Å². The quantitative estimate of drug-likeness (QED) is 0.207. The average molecular weight is 603 g/mol. The third-order valence-electron chi connectivity index (χ3n) is 9.06. The number of carbonyl (C=O) groups is 5. The van der Waals surface area contributed by atoms with E-state index < -0.39 is 78.3 Å². The van der Waals surface area contributed by atoms with Crippen LogP contribution in [0.25, 0.3) is 0 Å². The summed E-state index contributed by atoms with van der Waals surface area (Å²) < 4.78 is 17.1. The van der Waals surface area contributed by atoms with E-state index in [4.69, 9.17) is 24.4 Å². The summed E-state index contributed by atoms with van der Waals surface area (Å²) in [6.07, 6.45) is -0.993. The van der Waals surface area contributed by atoms with Crippen molar-refractivity contribution < 1.29 is 58.6 Å². The van der Waals surface area contributed by atoms with Crippen molar-refractivity contribution in [2.45, 2.75) is 87.4 Å². The average Bonchev–Trinajstić information content (AvgIpc) is 3.30. The van der Waals surface area contributed by atoms with Gasteiger partial charge in [-0.15, -0.1) is 0 Å². The van der Waals surface area contributed by atoms with Crippen LogP contribution < -0.4 is 10.1 Å². The van der Waals surface area contributed by atoms with Gasteiger partial charge in [0, 0.05) is 23.6 Å². The first-order valence-electron chi connectivity index (χ1n) is 14.0. The molecule has 0 aromatic heterocycles. The molecule has 6 atom stereocenters. The molecule has 4 aliphatic rings. The second kappa shape index (κ2) is 11.2. The van der Waals surface area contributed by atoms with Crippen LogP contribution in [0.5, 0.6) is 5.75 Å². The summed E-state index contributed by atoms with van der Waals surface area (Å²) >= 11 is 0. The number of aliphatic hydroxyl groups excluding tert-OH is 1. The van der Waals surface area contributed by atoms with Crippen LogP contribution in [0.3, 0.4) is 0 Å². The van der Waals surface area contributed by atoms with Crippen LogP contribution in [0, 0.1) is 0 Å². The van der Waals surface area contributed by atoms with Gasteiger partial charge in [0.15, 0.2) is 12.2 Å². The molecule has 5 rings (SSSR count). The Morgan fingerprint density at radius 1 is 1.16 bits per heavy atom. The normalized spacial score (nSPS) is 28.0. The lowest BCUT2D eigenvalue weighted by atomic mass is 9.50. The number of ether oxygens (including phenoxy) is 3. The fourth-order valence-electron chi connectivity index (χ4n) is 6.99. The minimum absolute atomic E-state index is 0.192. The van der Waals surface area contributed by atoms with Gasteiger partial charge in [-0.1, -0.05) is 12.1 Å². The molecule has 1 saturated heterocycles. The number of likely N-dealkylation sites (N-methyl/N-ethyl adjacent to an activating group) is 1. The Kier molecular flexibility index (Phi) is 7.96. The fraction of sp³-hybridized carbons (Fsp3) is 0.552. The number of hydrogen-bond donors (Lipinski definition) is 5. The van der Waals surface area contributed by atoms with E-state index in [-0.39, 0.29) is 24.8 Å². The summed E-state index contributed by atoms with van der Waals surface area (Å²) in [5.41, 5.74) is 0.353. The van der Waals surface area contributed by atoms with Crippen molar-refractivity contribution in [1.29, 1.82) is 0 Å². The minimum Gasteiger partial charge on any atom is -0.481 e. The number of esters is 2. The molecule has 1 amide bonds. The Balaban J connectivity index is 1.24. The topological polar surface area (TPSA) is 209 Å². The van der Waals surface area contributed by atoms with Gasteiger partial charge in [0.2, 0.25) is 0 Å². The Bertz CT molecular complexity index is 1410. The first kappa shape index (κ1) is 30.4. The summed E-state index contributed by atoms with van der Waals surface area (Å²) in [4.78, 5) is 61.5. The number of hydrogen-bond acceptors (Lipinski definition) is 11. The molecule has 5 N–H and O–H groups in total. The maximum Gasteiger partial charge on any atom is 0.326 e. The van der Waals surface area contributed by atoms with E-state index in [0.29, 0.717) is 30.7 Å². The van der Waals surface area contributed by atoms with Crippen LogP contribution in [0.2, 0.25) is 0 Å². The number of aliphatic carboxylic acids is 2. The summed E-state index contributed by atoms with van der Waals surface area (Å²) in [5, 5.41) is 42.1. The molecule has 2 aliphatic heterocycles. The van der Waals surface area contributed by atoms with Gasteiger partial charge in [-0.3, -0.25) is 19.2 Å². The van der Waals surface area contributed by atoms with Crippen molar-refractivity contribution in [3.8, 4) is 5.75 Å². The number of piperidine rings is 1. The monoisotopic (exact) mass is 602 g/mol. The molecule has 2 aliphatic carbocycles. The van der Waals surface area contributed by atoms with Gasteiger partial charge in [-0.05, 0) is 45.0 Å². The lowest BCUT2D eigenvalue weighted by Gasteiger charge is -2.61. The standard InChI is InChI=1S/C29H34N2O12/c1-14(26(37)30-17(27(38)39)12-20(33)34)41-21(35)5-6-22(36)42-18-7-8-29(40)19-11-15-3-4-16(13-32)24-23(15)28(29,25(18)43-24)9-10-31(19)2/h3-4,7,14,17,19,25,32,40H,5-6,8-13H2,1-2H3,(H,30,37)(H,33,34)(H,38,39)/t14-,17-,19+,25-,28-,29+/m0/s1. The Morgan fingerprint density at radius 2 is 1.88 bits per heavy atom. The van der Waals surface area contributed by atoms with Crippen molar-refractivity contribution >= 4 is 29.8 Å². The maximum atomic E-state index is 12.9. The maximum absolute atomic E-state index is 12.9. The Morgan fingerprint density at radius 3 is 2.56 bits per heavy atom. The molecule has 1 fully saturated rings. The van der Waals surface area contributed by atoms with Gasteiger partial charge in [0.25, 0.3) is 5.91 Å². The van der Waals surface area contributed by atoms with Crippen molar-refractivity contribution in [2.24, 2.45) is 0 Å². The number of rotatable bonds is 11. The van der Waals surface area contributed by atoms with Crippen molar-refractivity contribution in [3.63, 3.8) is 0 Å². The molecule has 232 valence electrons. The number of benzene rings is 1. The van der Waals surface area contributed by atoms with E-state index in [2.05, 4.69) is 4.90 Å². The number of aliphatic hydroxyl groups is 2. The first-order chi connectivity index (χ1) is 20.3. The highest BCUT2D eigenvalue weighted by atomic mass is 16.6. The SMILES string of the molecule is C[C@H](OC(=O)CCC(=O)OC1=CC[C@@]2(O)[C@H]3Cc4ccc(CO)c5c4[C@@]2(CCN3C)[C@H]1O5)C(=O)N[C@@H](CC(=O)O)C(=O)O. The lowest BCUT2D eigenvalue weighted by molar-refractivity contribution is -0.169. The van der Waals surface area contributed by atoms with Crippen LogP contribution in [-0.2, 0) is 51.9 Å². The Labute approximate surface area is 246 Å². The predicted octanol–water partition coefficient (Wildman–Crippen LogP) is -0.244. The van der Waals surface area contributed by atoms with Crippen molar-refractivity contribution in [1.82, 2.24) is 10.2 Å². The van der Waals surface area contributed by atoms with E-state index in [1.807, 2.05) is 18.4 Å². The molecule has 2 bridgehead atoms. The zero-order valence-corrected chi connectivity index (χ0v) is 23.7. The number of nitrogens with zero attached hydrogens (tertiary/aromatic N) is 1. The number of nitrogens with one attached hydrogen (secondary N) is 1. The second-order valence-electron chi connectivity index (χ2n) is 11.5. The number of amides is 1. The Hall–Kier alpha value is -4.01. The number of carboxylic acid groups (broad SMARTS) is 2. The number of carboxylic acids is 2. The van der Waals surface area contributed by atoms with E-state index in [9.17, 15) is 34.2 Å². The predicted molar refractivity (Wildman–Crippen MR) is 144 cm³/mol. The molecular weight excluding hydrogens is 568 g/mol. The van der Waals surface area contributed by atoms with Gasteiger partial charge < -0.3 is 44.9 Å². The molecular formula is C29H34N2O12. The highest BCUT2D eigenvalue weighted by molar-refractivity contribution is 5.90. The molecule has 14 nitrogen and oxygen atoms in total. The first-order valence-corrected chi connectivity index (χ1v) is 14.0. The van der Waals surface area contributed by atoms with Crippen LogP contribution >= 0.6 is 0 Å². The largest absolute Gasteiger partial charge is 0.481 e. The van der Waals surface area contributed by atoms with Crippen LogP contribution in [-0.4, -0.2) is 98.6 Å². The zero-order valence-electron chi connectivity index (χ0n) is 23.7. The van der Waals surface area contributed by atoms with Gasteiger partial charge in [0.1, 0.15) is 17.6 Å². The zero-order chi connectivity index (χ0) is 31.3. The van der Waals surface area contributed by atoms with Crippen LogP contribution in [0.4, 0.5) is 0 Å². The van der Waals surface area contributed by atoms with Gasteiger partial charge >= 0.3 is 23.9 Å². The molecule has 0 radical (unpaired) electrons. The number of likely N-dealkylation sites (tertiary alicyclic amines) is 1. The van der Waals surface area contributed by atoms with Gasteiger partial charge in [-0.25, -0.2) is 4.79 Å². The molecule has 0 unspecified atom stereocenters. The van der Waals surface area contributed by atoms with Crippen LogP contribution in [0.1, 0.15) is 55.7 Å². The number of carbonyl (C=O) groups excluding carboxylic acids is 3. The summed E-state index contributed by atoms with van der Waals surface area (Å²) in [5.74, 6) is -4.99. The van der Waals surface area contributed by atoms with E-state index in [1.165, 1.54) is 6.92 Å². The molecule has 0 saturated carbocycles. The highest BCUT2D eigenvalue weighted by Gasteiger charge is 2.71. The fourth-order valence-corrected chi connectivity index (χ4v) is 6.99. The third-order valence-corrected chi connectivity index (χ3v) is 9.06. The molecule has 1 spiro atoms. The molecule has 14 heteroatoms. The minimum atomic E-state index is -1.71. The van der Waals surface area contributed by atoms with E-state index in [1.54, 1.807) is 12.1 Å². The summed E-state index contributed by atoms with van der Waals surface area (Å²) in [7, 11) is 1.97. The van der Waals surface area contributed by atoms with Crippen LogP contribution in [0.15, 0.2) is 24.0 Å². The van der Waals surface area contributed by atoms with Crippen molar-refractivity contribution in [3.05, 3.63) is 40.7 Å². The van der Waals surface area contributed by atoms with E-state index >= 15 is 0 Å².